The van der Waals surface area contributed by atoms with Crippen molar-refractivity contribution in [3.05, 3.63) is 68.3 Å². The highest BCUT2D eigenvalue weighted by molar-refractivity contribution is 6.44. The molecule has 1 unspecified atom stereocenters. The SMILES string of the molecule is CC(C)(C)C1CCc2nc3ccccc3c(C(=O)OCC(=O)Nc3cc(Cl)c(Cl)cc3Cl)c2C1. The minimum Gasteiger partial charge on any atom is -0.452 e. The highest BCUT2D eigenvalue weighted by Crippen LogP contribution is 2.39. The van der Waals surface area contributed by atoms with Crippen LogP contribution in [0.3, 0.4) is 0 Å². The zero-order valence-corrected chi connectivity index (χ0v) is 21.4. The third kappa shape index (κ3) is 5.17. The van der Waals surface area contributed by atoms with E-state index in [2.05, 4.69) is 26.1 Å². The molecule has 0 aliphatic heterocycles. The van der Waals surface area contributed by atoms with Gasteiger partial charge in [0, 0.05) is 11.1 Å². The maximum atomic E-state index is 13.3. The summed E-state index contributed by atoms with van der Waals surface area (Å²) >= 11 is 18.1. The third-order valence-electron chi connectivity index (χ3n) is 6.31. The summed E-state index contributed by atoms with van der Waals surface area (Å²) < 4.78 is 5.47. The van der Waals surface area contributed by atoms with Crippen molar-refractivity contribution in [1.82, 2.24) is 4.98 Å². The lowest BCUT2D eigenvalue weighted by molar-refractivity contribution is -0.119. The summed E-state index contributed by atoms with van der Waals surface area (Å²) in [5.41, 5.74) is 3.48. The quantitative estimate of drug-likeness (QED) is 0.294. The average Bonchev–Trinajstić information content (AvgIpc) is 2.78. The molecule has 0 saturated heterocycles. The number of rotatable bonds is 4. The van der Waals surface area contributed by atoms with E-state index in [1.54, 1.807) is 0 Å². The Bertz CT molecular complexity index is 1280. The van der Waals surface area contributed by atoms with Crippen LogP contribution in [-0.2, 0) is 22.4 Å². The van der Waals surface area contributed by atoms with Gasteiger partial charge in [-0.3, -0.25) is 9.78 Å². The predicted octanol–water partition coefficient (Wildman–Crippen LogP) is 7.14. The average molecular weight is 520 g/mol. The number of nitrogens with zero attached hydrogens (tertiary/aromatic N) is 1. The van der Waals surface area contributed by atoms with E-state index in [9.17, 15) is 9.59 Å². The van der Waals surface area contributed by atoms with Gasteiger partial charge in [0.1, 0.15) is 0 Å². The number of amides is 1. The number of fused-ring (bicyclic) bond motifs is 2. The highest BCUT2D eigenvalue weighted by atomic mass is 35.5. The molecule has 2 aromatic carbocycles. The monoisotopic (exact) mass is 518 g/mol. The maximum absolute atomic E-state index is 13.3. The second-order valence-electron chi connectivity index (χ2n) is 9.61. The van der Waals surface area contributed by atoms with E-state index in [0.29, 0.717) is 11.5 Å². The molecule has 1 aliphatic carbocycles. The summed E-state index contributed by atoms with van der Waals surface area (Å²) in [7, 11) is 0. The second kappa shape index (κ2) is 9.73. The van der Waals surface area contributed by atoms with Crippen LogP contribution in [0.2, 0.25) is 15.1 Å². The number of carbonyl (C=O) groups is 2. The number of anilines is 1. The summed E-state index contributed by atoms with van der Waals surface area (Å²) in [6.45, 7) is 6.18. The number of hydrogen-bond donors (Lipinski definition) is 1. The summed E-state index contributed by atoms with van der Waals surface area (Å²) in [6, 6.07) is 10.4. The minimum atomic E-state index is -0.542. The lowest BCUT2D eigenvalue weighted by Gasteiger charge is -2.35. The van der Waals surface area contributed by atoms with E-state index in [1.807, 2.05) is 24.3 Å². The first-order valence-electron chi connectivity index (χ1n) is 11.1. The molecule has 1 atom stereocenters. The smallest absolute Gasteiger partial charge is 0.339 e. The van der Waals surface area contributed by atoms with Crippen LogP contribution in [0, 0.1) is 11.3 Å². The van der Waals surface area contributed by atoms with Crippen molar-refractivity contribution < 1.29 is 14.3 Å². The van der Waals surface area contributed by atoms with Gasteiger partial charge in [0.15, 0.2) is 6.61 Å². The summed E-state index contributed by atoms with van der Waals surface area (Å²) in [5, 5.41) is 4.10. The Morgan fingerprint density at radius 1 is 1.09 bits per heavy atom. The molecule has 5 nitrogen and oxygen atoms in total. The fourth-order valence-electron chi connectivity index (χ4n) is 4.37. The highest BCUT2D eigenvalue weighted by Gasteiger charge is 2.33. The molecule has 1 N–H and O–H groups in total. The van der Waals surface area contributed by atoms with Gasteiger partial charge in [-0.15, -0.1) is 0 Å². The fourth-order valence-corrected chi connectivity index (χ4v) is 4.96. The van der Waals surface area contributed by atoms with Crippen LogP contribution in [0.1, 0.15) is 48.8 Å². The first-order valence-corrected chi connectivity index (χ1v) is 12.2. The molecule has 1 aliphatic rings. The number of hydrogen-bond acceptors (Lipinski definition) is 4. The number of esters is 1. The molecule has 0 spiro atoms. The minimum absolute atomic E-state index is 0.101. The van der Waals surface area contributed by atoms with Crippen molar-refractivity contribution in [2.45, 2.75) is 40.0 Å². The van der Waals surface area contributed by atoms with Gasteiger partial charge in [-0.25, -0.2) is 4.79 Å². The van der Waals surface area contributed by atoms with Crippen LogP contribution < -0.4 is 5.32 Å². The Hall–Kier alpha value is -2.34. The molecular weight excluding hydrogens is 495 g/mol. The number of carbonyl (C=O) groups excluding carboxylic acids is 2. The van der Waals surface area contributed by atoms with Crippen molar-refractivity contribution in [3.63, 3.8) is 0 Å². The molecule has 1 amide bonds. The van der Waals surface area contributed by atoms with E-state index < -0.39 is 18.5 Å². The van der Waals surface area contributed by atoms with Crippen LogP contribution in [0.15, 0.2) is 36.4 Å². The van der Waals surface area contributed by atoms with Crippen molar-refractivity contribution in [2.75, 3.05) is 11.9 Å². The normalized spacial score (nSPS) is 15.6. The second-order valence-corrected chi connectivity index (χ2v) is 10.8. The molecule has 4 rings (SSSR count). The van der Waals surface area contributed by atoms with Crippen molar-refractivity contribution in [1.29, 1.82) is 0 Å². The van der Waals surface area contributed by atoms with E-state index in [0.717, 1.165) is 41.4 Å². The van der Waals surface area contributed by atoms with E-state index in [1.165, 1.54) is 12.1 Å². The number of pyridine rings is 1. The summed E-state index contributed by atoms with van der Waals surface area (Å²) in [5.74, 6) is -0.664. The van der Waals surface area contributed by atoms with Crippen molar-refractivity contribution >= 4 is 63.3 Å². The third-order valence-corrected chi connectivity index (χ3v) is 7.34. The Kier molecular flexibility index (Phi) is 7.09. The lowest BCUT2D eigenvalue weighted by atomic mass is 9.70. The van der Waals surface area contributed by atoms with Crippen molar-refractivity contribution in [3.8, 4) is 0 Å². The molecule has 0 bridgehead atoms. The predicted molar refractivity (Wildman–Crippen MR) is 137 cm³/mol. The van der Waals surface area contributed by atoms with Crippen LogP contribution >= 0.6 is 34.8 Å². The molecule has 178 valence electrons. The maximum Gasteiger partial charge on any atom is 0.339 e. The van der Waals surface area contributed by atoms with Gasteiger partial charge >= 0.3 is 5.97 Å². The van der Waals surface area contributed by atoms with E-state index in [4.69, 9.17) is 44.5 Å². The Balaban J connectivity index is 1.59. The van der Waals surface area contributed by atoms with Gasteiger partial charge in [0.2, 0.25) is 0 Å². The number of nitrogens with one attached hydrogen (secondary N) is 1. The number of aromatic nitrogens is 1. The van der Waals surface area contributed by atoms with Gasteiger partial charge in [-0.2, -0.15) is 0 Å². The molecule has 0 fully saturated rings. The van der Waals surface area contributed by atoms with Gasteiger partial charge in [-0.05, 0) is 54.4 Å². The fraction of sp³-hybridized carbons (Fsp3) is 0.346. The number of aryl methyl sites for hydroxylation is 1. The molecule has 34 heavy (non-hydrogen) atoms. The van der Waals surface area contributed by atoms with Crippen molar-refractivity contribution in [2.24, 2.45) is 11.3 Å². The lowest BCUT2D eigenvalue weighted by Crippen LogP contribution is -2.29. The summed E-state index contributed by atoms with van der Waals surface area (Å²) in [6.07, 6.45) is 2.56. The number of halogens is 3. The molecular formula is C26H25Cl3N2O3. The Morgan fingerprint density at radius 3 is 2.53 bits per heavy atom. The Morgan fingerprint density at radius 2 is 1.79 bits per heavy atom. The molecule has 1 heterocycles. The topological polar surface area (TPSA) is 68.3 Å². The number of benzene rings is 2. The summed E-state index contributed by atoms with van der Waals surface area (Å²) in [4.78, 5) is 30.6. The van der Waals surface area contributed by atoms with Crippen LogP contribution in [0.25, 0.3) is 10.9 Å². The van der Waals surface area contributed by atoms with Crippen LogP contribution in [0.5, 0.6) is 0 Å². The van der Waals surface area contributed by atoms with Gasteiger partial charge in [0.05, 0.1) is 31.8 Å². The molecule has 8 heteroatoms. The van der Waals surface area contributed by atoms with Gasteiger partial charge in [-0.1, -0.05) is 73.8 Å². The number of para-hydroxylation sites is 1. The van der Waals surface area contributed by atoms with Gasteiger partial charge < -0.3 is 10.1 Å². The first-order chi connectivity index (χ1) is 16.0. The molecule has 0 radical (unpaired) electrons. The first kappa shape index (κ1) is 24.8. The standard InChI is InChI=1S/C26H25Cl3N2O3/c1-26(2,3)14-8-9-21-16(10-14)24(15-6-4-5-7-20(15)30-21)25(33)34-13-23(32)31-22-12-18(28)17(27)11-19(22)29/h4-7,11-12,14H,8-10,13H2,1-3H3,(H,31,32). The number of ether oxygens (including phenoxy) is 1. The zero-order chi connectivity index (χ0) is 24.6. The molecule has 3 aromatic rings. The van der Waals surface area contributed by atoms with E-state index in [-0.39, 0.29) is 26.2 Å². The largest absolute Gasteiger partial charge is 0.452 e. The zero-order valence-electron chi connectivity index (χ0n) is 19.2. The van der Waals surface area contributed by atoms with Gasteiger partial charge in [0.25, 0.3) is 5.91 Å². The Labute approximate surface area is 213 Å². The molecule has 1 aromatic heterocycles. The van der Waals surface area contributed by atoms with Crippen LogP contribution in [0.4, 0.5) is 5.69 Å². The van der Waals surface area contributed by atoms with E-state index >= 15 is 0 Å². The van der Waals surface area contributed by atoms with Crippen LogP contribution in [-0.4, -0.2) is 23.5 Å². The molecule has 0 saturated carbocycles.